The van der Waals surface area contributed by atoms with Crippen LogP contribution in [0, 0.1) is 12.8 Å². The Morgan fingerprint density at radius 2 is 1.86 bits per heavy atom. The molecule has 2 N–H and O–H groups in total. The number of carbonyl (C=O) groups excluding carboxylic acids is 1. The molecule has 4 rings (SSSR count). The maximum absolute atomic E-state index is 11.7. The fourth-order valence-corrected chi connectivity index (χ4v) is 3.68. The fourth-order valence-electron chi connectivity index (χ4n) is 3.56. The van der Waals surface area contributed by atoms with E-state index < -0.39 is 11.9 Å². The van der Waals surface area contributed by atoms with Crippen LogP contribution in [0.25, 0.3) is 5.57 Å². The van der Waals surface area contributed by atoms with Crippen molar-refractivity contribution in [1.82, 2.24) is 5.16 Å². The summed E-state index contributed by atoms with van der Waals surface area (Å²) < 4.78 is 5.62. The van der Waals surface area contributed by atoms with E-state index in [2.05, 4.69) is 36.4 Å². The van der Waals surface area contributed by atoms with E-state index in [9.17, 15) is 4.79 Å². The third-order valence-corrected chi connectivity index (χ3v) is 5.19. The number of fused-ring (bicyclic) bond motifs is 2. The SMILES string of the molecule is Cc1noc2c1C1=C(C=CC(C)C=C1)C(c1ccc(Cl)cc1)=N[C@H]2CC(N)=O. The summed E-state index contributed by atoms with van der Waals surface area (Å²) in [6.45, 7) is 4.02. The second-order valence-electron chi connectivity index (χ2n) is 7.08. The Balaban J connectivity index is 2.00. The van der Waals surface area contributed by atoms with Gasteiger partial charge in [0.1, 0.15) is 6.04 Å². The van der Waals surface area contributed by atoms with Gasteiger partial charge in [-0.15, -0.1) is 0 Å². The molecule has 0 saturated heterocycles. The van der Waals surface area contributed by atoms with E-state index in [1.807, 2.05) is 31.2 Å². The molecular weight excluding hydrogens is 374 g/mol. The van der Waals surface area contributed by atoms with E-state index in [0.29, 0.717) is 10.8 Å². The Bertz CT molecular complexity index is 1060. The Morgan fingerprint density at radius 3 is 2.54 bits per heavy atom. The van der Waals surface area contributed by atoms with Crippen molar-refractivity contribution in [3.8, 4) is 0 Å². The normalized spacial score (nSPS) is 20.9. The molecule has 5 nitrogen and oxygen atoms in total. The van der Waals surface area contributed by atoms with Crippen LogP contribution in [-0.4, -0.2) is 16.8 Å². The van der Waals surface area contributed by atoms with Gasteiger partial charge in [-0.3, -0.25) is 9.79 Å². The molecule has 1 unspecified atom stereocenters. The van der Waals surface area contributed by atoms with Crippen LogP contribution in [0.1, 0.15) is 42.0 Å². The van der Waals surface area contributed by atoms with Crippen molar-refractivity contribution in [2.45, 2.75) is 26.3 Å². The molecule has 1 aliphatic carbocycles. The third-order valence-electron chi connectivity index (χ3n) is 4.94. The molecule has 0 radical (unpaired) electrons. The minimum Gasteiger partial charge on any atom is -0.370 e. The van der Waals surface area contributed by atoms with Gasteiger partial charge in [0, 0.05) is 16.2 Å². The number of aryl methyl sites for hydroxylation is 1. The first-order valence-electron chi connectivity index (χ1n) is 9.13. The molecule has 1 aromatic heterocycles. The van der Waals surface area contributed by atoms with Gasteiger partial charge in [0.2, 0.25) is 5.91 Å². The minimum absolute atomic E-state index is 0.0448. The van der Waals surface area contributed by atoms with Crippen molar-refractivity contribution in [1.29, 1.82) is 0 Å². The first-order chi connectivity index (χ1) is 13.4. The molecule has 142 valence electrons. The Hall–Kier alpha value is -2.92. The molecule has 1 amide bonds. The molecule has 6 heteroatoms. The van der Waals surface area contributed by atoms with Crippen LogP contribution in [0.4, 0.5) is 0 Å². The van der Waals surface area contributed by atoms with E-state index >= 15 is 0 Å². The van der Waals surface area contributed by atoms with Crippen LogP contribution < -0.4 is 5.73 Å². The van der Waals surface area contributed by atoms with Gasteiger partial charge in [-0.05, 0) is 30.5 Å². The topological polar surface area (TPSA) is 81.5 Å². The van der Waals surface area contributed by atoms with Crippen molar-refractivity contribution in [3.63, 3.8) is 0 Å². The van der Waals surface area contributed by atoms with Crippen LogP contribution in [0.5, 0.6) is 0 Å². The number of rotatable bonds is 3. The number of hydrogen-bond donors (Lipinski definition) is 1. The molecule has 2 atom stereocenters. The number of halogens is 1. The van der Waals surface area contributed by atoms with Crippen molar-refractivity contribution >= 4 is 28.8 Å². The number of benzene rings is 1. The number of allylic oxidation sites excluding steroid dienone is 6. The first-order valence-corrected chi connectivity index (χ1v) is 9.51. The summed E-state index contributed by atoms with van der Waals surface area (Å²) in [7, 11) is 0. The maximum atomic E-state index is 11.7. The van der Waals surface area contributed by atoms with Gasteiger partial charge < -0.3 is 10.3 Å². The van der Waals surface area contributed by atoms with Crippen LogP contribution in [-0.2, 0) is 4.79 Å². The molecule has 1 aromatic carbocycles. The smallest absolute Gasteiger partial charge is 0.220 e. The van der Waals surface area contributed by atoms with E-state index in [-0.39, 0.29) is 12.3 Å². The number of hydrogen-bond acceptors (Lipinski definition) is 4. The molecule has 2 aromatic rings. The number of primary amides is 1. The third kappa shape index (κ3) is 3.34. The van der Waals surface area contributed by atoms with Gasteiger partial charge in [-0.1, -0.05) is 60.1 Å². The molecule has 0 fully saturated rings. The van der Waals surface area contributed by atoms with E-state index in [1.54, 1.807) is 0 Å². The molecule has 2 heterocycles. The lowest BCUT2D eigenvalue weighted by molar-refractivity contribution is -0.118. The predicted molar refractivity (Wildman–Crippen MR) is 110 cm³/mol. The fraction of sp³-hybridized carbons (Fsp3) is 0.227. The van der Waals surface area contributed by atoms with Crippen LogP contribution in [0.2, 0.25) is 5.02 Å². The van der Waals surface area contributed by atoms with E-state index in [1.165, 1.54) is 0 Å². The summed E-state index contributed by atoms with van der Waals surface area (Å²) in [4.78, 5) is 16.6. The molecule has 0 spiro atoms. The number of nitrogens with zero attached hydrogens (tertiary/aromatic N) is 2. The number of aliphatic imine (C=N–C) groups is 1. The minimum atomic E-state index is -0.537. The number of nitrogens with two attached hydrogens (primary N) is 1. The second-order valence-corrected chi connectivity index (χ2v) is 7.52. The monoisotopic (exact) mass is 393 g/mol. The van der Waals surface area contributed by atoms with Crippen molar-refractivity contribution in [3.05, 3.63) is 81.7 Å². The van der Waals surface area contributed by atoms with Crippen molar-refractivity contribution < 1.29 is 9.32 Å². The zero-order valence-corrected chi connectivity index (χ0v) is 16.4. The summed E-state index contributed by atoms with van der Waals surface area (Å²) in [5.41, 5.74) is 10.8. The summed E-state index contributed by atoms with van der Waals surface area (Å²) in [6.07, 6.45) is 8.46. The maximum Gasteiger partial charge on any atom is 0.220 e. The number of carbonyl (C=O) groups is 1. The van der Waals surface area contributed by atoms with Gasteiger partial charge in [0.15, 0.2) is 5.76 Å². The second kappa shape index (κ2) is 7.24. The number of amides is 1. The quantitative estimate of drug-likeness (QED) is 0.829. The molecule has 1 aliphatic heterocycles. The van der Waals surface area contributed by atoms with Crippen LogP contribution in [0.15, 0.2) is 63.7 Å². The van der Waals surface area contributed by atoms with Gasteiger partial charge in [0.25, 0.3) is 0 Å². The van der Waals surface area contributed by atoms with E-state index in [0.717, 1.165) is 33.7 Å². The zero-order chi connectivity index (χ0) is 19.8. The van der Waals surface area contributed by atoms with Crippen molar-refractivity contribution in [2.75, 3.05) is 0 Å². The lowest BCUT2D eigenvalue weighted by Crippen LogP contribution is -2.15. The van der Waals surface area contributed by atoms with Gasteiger partial charge >= 0.3 is 0 Å². The molecule has 2 aliphatic rings. The predicted octanol–water partition coefficient (Wildman–Crippen LogP) is 4.57. The Morgan fingerprint density at radius 1 is 1.18 bits per heavy atom. The van der Waals surface area contributed by atoms with Crippen molar-refractivity contribution in [2.24, 2.45) is 16.6 Å². The van der Waals surface area contributed by atoms with Crippen LogP contribution in [0.3, 0.4) is 0 Å². The standard InChI is InChI=1S/C22H20ClN3O2/c1-12-3-9-16-17(10-4-12)21(14-5-7-15(23)8-6-14)25-18(11-19(24)27)22-20(16)13(2)26-28-22/h3-10,12,18H,11H2,1-2H3,(H2,24,27)/t12?,18-/m0/s1. The Labute approximate surface area is 168 Å². The highest BCUT2D eigenvalue weighted by Gasteiger charge is 2.31. The van der Waals surface area contributed by atoms with Gasteiger partial charge in [0.05, 0.1) is 23.4 Å². The zero-order valence-electron chi connectivity index (χ0n) is 15.6. The molecule has 0 bridgehead atoms. The lowest BCUT2D eigenvalue weighted by Gasteiger charge is -2.12. The van der Waals surface area contributed by atoms with Crippen LogP contribution >= 0.6 is 11.6 Å². The highest BCUT2D eigenvalue weighted by Crippen LogP contribution is 2.40. The molecular formula is C22H20ClN3O2. The largest absolute Gasteiger partial charge is 0.370 e. The summed E-state index contributed by atoms with van der Waals surface area (Å²) in [6, 6.07) is 6.98. The first kappa shape index (κ1) is 18.4. The average molecular weight is 394 g/mol. The molecule has 0 saturated carbocycles. The highest BCUT2D eigenvalue weighted by atomic mass is 35.5. The summed E-state index contributed by atoms with van der Waals surface area (Å²) >= 11 is 6.08. The molecule has 28 heavy (non-hydrogen) atoms. The lowest BCUT2D eigenvalue weighted by atomic mass is 9.93. The average Bonchev–Trinajstić information content (AvgIpc) is 2.85. The Kier molecular flexibility index (Phi) is 4.77. The van der Waals surface area contributed by atoms with Gasteiger partial charge in [-0.25, -0.2) is 0 Å². The highest BCUT2D eigenvalue weighted by molar-refractivity contribution is 6.31. The number of aromatic nitrogens is 1. The summed E-state index contributed by atoms with van der Waals surface area (Å²) in [5.74, 6) is 0.407. The summed E-state index contributed by atoms with van der Waals surface area (Å²) in [5, 5.41) is 4.79. The van der Waals surface area contributed by atoms with E-state index in [4.69, 9.17) is 26.9 Å². The van der Waals surface area contributed by atoms with Gasteiger partial charge in [-0.2, -0.15) is 0 Å².